The van der Waals surface area contributed by atoms with Gasteiger partial charge < -0.3 is 10.1 Å². The minimum atomic E-state index is 0.518. The van der Waals surface area contributed by atoms with Crippen molar-refractivity contribution >= 4 is 0 Å². The number of benzene rings is 1. The number of methoxy groups -OCH3 is 1. The first-order chi connectivity index (χ1) is 9.06. The van der Waals surface area contributed by atoms with Gasteiger partial charge in [0.25, 0.3) is 0 Å². The second-order valence-corrected chi connectivity index (χ2v) is 6.42. The van der Waals surface area contributed by atoms with Crippen LogP contribution >= 0.6 is 0 Å². The average molecular weight is 261 g/mol. The fourth-order valence-corrected chi connectivity index (χ4v) is 2.93. The van der Waals surface area contributed by atoms with Crippen LogP contribution in [0.3, 0.4) is 0 Å². The van der Waals surface area contributed by atoms with E-state index in [2.05, 4.69) is 44.3 Å². The molecule has 0 aliphatic heterocycles. The number of hydrogen-bond donors (Lipinski definition) is 1. The molecule has 106 valence electrons. The topological polar surface area (TPSA) is 21.3 Å². The first-order valence-electron chi connectivity index (χ1n) is 7.43. The minimum absolute atomic E-state index is 0.518. The fraction of sp³-hybridized carbons (Fsp3) is 0.647. The molecule has 1 aliphatic rings. The molecule has 0 saturated heterocycles. The van der Waals surface area contributed by atoms with Crippen LogP contribution in [0, 0.1) is 11.3 Å². The summed E-state index contributed by atoms with van der Waals surface area (Å²) in [6.45, 7) is 8.10. The molecule has 2 atom stereocenters. The molecule has 2 rings (SSSR count). The Morgan fingerprint density at radius 1 is 1.42 bits per heavy atom. The Hall–Kier alpha value is -1.02. The molecule has 0 aromatic heterocycles. The van der Waals surface area contributed by atoms with Crippen molar-refractivity contribution in [3.8, 4) is 5.75 Å². The van der Waals surface area contributed by atoms with Gasteiger partial charge in [-0.1, -0.05) is 32.9 Å². The van der Waals surface area contributed by atoms with E-state index in [1.807, 2.05) is 6.07 Å². The molecule has 1 N–H and O–H groups in total. The lowest BCUT2D eigenvalue weighted by Crippen LogP contribution is -2.35. The van der Waals surface area contributed by atoms with Crippen molar-refractivity contribution in [2.75, 3.05) is 13.7 Å². The molecule has 2 unspecified atom stereocenters. The van der Waals surface area contributed by atoms with Crippen molar-refractivity contribution in [1.29, 1.82) is 0 Å². The molecule has 0 radical (unpaired) electrons. The van der Waals surface area contributed by atoms with Crippen LogP contribution in [0.2, 0.25) is 0 Å². The summed E-state index contributed by atoms with van der Waals surface area (Å²) in [6.07, 6.45) is 3.64. The van der Waals surface area contributed by atoms with Crippen molar-refractivity contribution in [3.05, 3.63) is 29.8 Å². The number of rotatable bonds is 7. The molecule has 2 nitrogen and oxygen atoms in total. The van der Waals surface area contributed by atoms with E-state index < -0.39 is 0 Å². The highest BCUT2D eigenvalue weighted by atomic mass is 16.5. The Labute approximate surface area is 117 Å². The zero-order valence-electron chi connectivity index (χ0n) is 12.7. The van der Waals surface area contributed by atoms with E-state index >= 15 is 0 Å². The summed E-state index contributed by atoms with van der Waals surface area (Å²) in [5, 5.41) is 3.73. The van der Waals surface area contributed by atoms with Gasteiger partial charge in [-0.15, -0.1) is 0 Å². The van der Waals surface area contributed by atoms with Crippen LogP contribution in [0.5, 0.6) is 5.75 Å². The zero-order valence-corrected chi connectivity index (χ0v) is 12.7. The van der Waals surface area contributed by atoms with Crippen molar-refractivity contribution in [2.24, 2.45) is 11.3 Å². The number of ether oxygens (including phenoxy) is 1. The van der Waals surface area contributed by atoms with E-state index in [1.165, 1.54) is 18.4 Å². The molecule has 0 amide bonds. The quantitative estimate of drug-likeness (QED) is 0.809. The van der Waals surface area contributed by atoms with Crippen LogP contribution in [-0.2, 0) is 6.42 Å². The first kappa shape index (κ1) is 14.4. The van der Waals surface area contributed by atoms with E-state index in [0.717, 1.165) is 24.6 Å². The van der Waals surface area contributed by atoms with E-state index in [9.17, 15) is 0 Å². The summed E-state index contributed by atoms with van der Waals surface area (Å²) < 4.78 is 5.31. The molecule has 1 fully saturated rings. The van der Waals surface area contributed by atoms with Gasteiger partial charge in [-0.2, -0.15) is 0 Å². The zero-order chi connectivity index (χ0) is 13.9. The molecule has 19 heavy (non-hydrogen) atoms. The Balaban J connectivity index is 2.02. The highest BCUT2D eigenvalue weighted by molar-refractivity contribution is 5.29. The van der Waals surface area contributed by atoms with Gasteiger partial charge in [0.2, 0.25) is 0 Å². The summed E-state index contributed by atoms with van der Waals surface area (Å²) in [7, 11) is 1.73. The second-order valence-electron chi connectivity index (χ2n) is 6.42. The lowest BCUT2D eigenvalue weighted by atomic mass is 9.97. The van der Waals surface area contributed by atoms with Gasteiger partial charge in [-0.25, -0.2) is 0 Å². The maximum atomic E-state index is 5.31. The predicted octanol–water partition coefficient (Wildman–Crippen LogP) is 3.65. The van der Waals surface area contributed by atoms with Gasteiger partial charge in [0, 0.05) is 6.04 Å². The summed E-state index contributed by atoms with van der Waals surface area (Å²) in [5.41, 5.74) is 1.89. The molecule has 0 spiro atoms. The van der Waals surface area contributed by atoms with Gasteiger partial charge in [-0.3, -0.25) is 0 Å². The SMILES string of the molecule is CCCNC(Cc1cccc(OC)c1)C1CC1(C)C. The smallest absolute Gasteiger partial charge is 0.119 e. The van der Waals surface area contributed by atoms with Crippen LogP contribution in [0.25, 0.3) is 0 Å². The monoisotopic (exact) mass is 261 g/mol. The maximum Gasteiger partial charge on any atom is 0.119 e. The minimum Gasteiger partial charge on any atom is -0.497 e. The Morgan fingerprint density at radius 3 is 2.74 bits per heavy atom. The number of hydrogen-bond acceptors (Lipinski definition) is 2. The van der Waals surface area contributed by atoms with Crippen LogP contribution in [0.1, 0.15) is 39.2 Å². The van der Waals surface area contributed by atoms with Crippen molar-refractivity contribution < 1.29 is 4.74 Å². The van der Waals surface area contributed by atoms with Gasteiger partial charge in [0.05, 0.1) is 7.11 Å². The molecule has 1 saturated carbocycles. The second kappa shape index (κ2) is 5.96. The molecule has 0 heterocycles. The summed E-state index contributed by atoms with van der Waals surface area (Å²) in [5.74, 6) is 1.77. The highest BCUT2D eigenvalue weighted by Gasteiger charge is 2.49. The lowest BCUT2D eigenvalue weighted by Gasteiger charge is -2.20. The fourth-order valence-electron chi connectivity index (χ4n) is 2.93. The molecule has 1 aromatic carbocycles. The third-order valence-electron chi connectivity index (χ3n) is 4.32. The van der Waals surface area contributed by atoms with Crippen LogP contribution in [0.15, 0.2) is 24.3 Å². The van der Waals surface area contributed by atoms with E-state index in [-0.39, 0.29) is 0 Å². The number of nitrogens with one attached hydrogen (secondary N) is 1. The predicted molar refractivity (Wildman–Crippen MR) is 80.7 cm³/mol. The largest absolute Gasteiger partial charge is 0.497 e. The average Bonchev–Trinajstić information content (AvgIpc) is 3.03. The van der Waals surface area contributed by atoms with Crippen LogP contribution < -0.4 is 10.1 Å². The summed E-state index contributed by atoms with van der Waals surface area (Å²) in [4.78, 5) is 0. The third-order valence-corrected chi connectivity index (χ3v) is 4.32. The lowest BCUT2D eigenvalue weighted by molar-refractivity contribution is 0.398. The van der Waals surface area contributed by atoms with Crippen LogP contribution in [-0.4, -0.2) is 19.7 Å². The van der Waals surface area contributed by atoms with Crippen molar-refractivity contribution in [3.63, 3.8) is 0 Å². The Morgan fingerprint density at radius 2 is 2.16 bits per heavy atom. The summed E-state index contributed by atoms with van der Waals surface area (Å²) >= 11 is 0. The van der Waals surface area contributed by atoms with E-state index in [1.54, 1.807) is 7.11 Å². The van der Waals surface area contributed by atoms with Crippen molar-refractivity contribution in [2.45, 2.75) is 46.1 Å². The molecule has 0 bridgehead atoms. The van der Waals surface area contributed by atoms with E-state index in [4.69, 9.17) is 4.74 Å². The molecule has 1 aliphatic carbocycles. The van der Waals surface area contributed by atoms with Gasteiger partial charge >= 0.3 is 0 Å². The van der Waals surface area contributed by atoms with Crippen LogP contribution in [0.4, 0.5) is 0 Å². The first-order valence-corrected chi connectivity index (χ1v) is 7.43. The molecule has 2 heteroatoms. The summed E-state index contributed by atoms with van der Waals surface area (Å²) in [6, 6.07) is 9.07. The Bertz CT molecular complexity index is 413. The highest BCUT2D eigenvalue weighted by Crippen LogP contribution is 2.54. The normalized spacial score (nSPS) is 22.0. The molecular formula is C17H27NO. The van der Waals surface area contributed by atoms with Gasteiger partial charge in [-0.05, 0) is 54.8 Å². The third kappa shape index (κ3) is 3.73. The van der Waals surface area contributed by atoms with E-state index in [0.29, 0.717) is 11.5 Å². The molecular weight excluding hydrogens is 234 g/mol. The Kier molecular flexibility index (Phi) is 4.51. The van der Waals surface area contributed by atoms with Gasteiger partial charge in [0.1, 0.15) is 5.75 Å². The standard InChI is InChI=1S/C17H27NO/c1-5-9-18-16(15-12-17(15,2)3)11-13-7-6-8-14(10-13)19-4/h6-8,10,15-16,18H,5,9,11-12H2,1-4H3. The van der Waals surface area contributed by atoms with Gasteiger partial charge in [0.15, 0.2) is 0 Å². The molecule has 1 aromatic rings. The maximum absolute atomic E-state index is 5.31. The van der Waals surface area contributed by atoms with Crippen molar-refractivity contribution in [1.82, 2.24) is 5.32 Å².